The number of amides is 3. The van der Waals surface area contributed by atoms with Crippen LogP contribution in [-0.4, -0.2) is 35.8 Å². The molecule has 0 bridgehead atoms. The fourth-order valence-electron chi connectivity index (χ4n) is 3.16. The zero-order valence-electron chi connectivity index (χ0n) is 15.4. The van der Waals surface area contributed by atoms with Gasteiger partial charge in [0, 0.05) is 11.3 Å². The van der Waals surface area contributed by atoms with Crippen molar-refractivity contribution in [3.8, 4) is 5.75 Å². The van der Waals surface area contributed by atoms with Gasteiger partial charge in [-0.2, -0.15) is 0 Å². The van der Waals surface area contributed by atoms with E-state index in [1.807, 2.05) is 24.4 Å². The summed E-state index contributed by atoms with van der Waals surface area (Å²) in [6.07, 6.45) is 1.05. The molecule has 2 aromatic rings. The second kappa shape index (κ2) is 8.35. The second-order valence-corrected chi connectivity index (χ2v) is 7.37. The van der Waals surface area contributed by atoms with Gasteiger partial charge in [0.25, 0.3) is 5.91 Å². The van der Waals surface area contributed by atoms with E-state index in [1.165, 1.54) is 16.2 Å². The molecule has 1 aromatic heterocycles. The van der Waals surface area contributed by atoms with Crippen molar-refractivity contribution in [1.82, 2.24) is 4.90 Å². The lowest BCUT2D eigenvalue weighted by Crippen LogP contribution is -2.44. The molecule has 0 radical (unpaired) electrons. The van der Waals surface area contributed by atoms with Crippen molar-refractivity contribution in [2.24, 2.45) is 0 Å². The van der Waals surface area contributed by atoms with Crippen LogP contribution in [0.4, 0.5) is 5.69 Å². The summed E-state index contributed by atoms with van der Waals surface area (Å²) in [5, 5.41) is 1.93. The minimum atomic E-state index is -0.763. The van der Waals surface area contributed by atoms with E-state index in [-0.39, 0.29) is 24.1 Å². The number of carbonyl (C=O) groups is 3. The SMILES string of the molecule is CCCC(=O)N(Cc1cccs1)C1CC(=O)N(c2ccc(OC)cc2)C1=O. The van der Waals surface area contributed by atoms with E-state index in [0.29, 0.717) is 30.8 Å². The number of imide groups is 1. The number of nitrogens with zero attached hydrogens (tertiary/aromatic N) is 2. The first-order valence-electron chi connectivity index (χ1n) is 8.87. The van der Waals surface area contributed by atoms with Crippen LogP contribution in [0.2, 0.25) is 0 Å². The lowest BCUT2D eigenvalue weighted by atomic mass is 10.1. The van der Waals surface area contributed by atoms with Gasteiger partial charge in [0.2, 0.25) is 11.8 Å². The summed E-state index contributed by atoms with van der Waals surface area (Å²) < 4.78 is 5.12. The molecule has 0 N–H and O–H groups in total. The average molecular weight is 386 g/mol. The summed E-state index contributed by atoms with van der Waals surface area (Å²) in [5.74, 6) is -0.109. The van der Waals surface area contributed by atoms with E-state index in [1.54, 1.807) is 36.3 Å². The molecule has 1 aliphatic heterocycles. The Hall–Kier alpha value is -2.67. The maximum atomic E-state index is 13.0. The Balaban J connectivity index is 1.85. The first-order chi connectivity index (χ1) is 13.0. The third-order valence-corrected chi connectivity index (χ3v) is 5.38. The lowest BCUT2D eigenvalue weighted by Gasteiger charge is -2.27. The molecule has 1 fully saturated rings. The first-order valence-corrected chi connectivity index (χ1v) is 9.75. The fourth-order valence-corrected chi connectivity index (χ4v) is 3.86. The maximum Gasteiger partial charge on any atom is 0.257 e. The van der Waals surface area contributed by atoms with E-state index in [4.69, 9.17) is 4.74 Å². The van der Waals surface area contributed by atoms with Gasteiger partial charge >= 0.3 is 0 Å². The Labute approximate surface area is 162 Å². The highest BCUT2D eigenvalue weighted by Crippen LogP contribution is 2.29. The molecule has 142 valence electrons. The van der Waals surface area contributed by atoms with E-state index in [9.17, 15) is 14.4 Å². The van der Waals surface area contributed by atoms with Crippen molar-refractivity contribution in [2.45, 2.75) is 38.8 Å². The number of hydrogen-bond acceptors (Lipinski definition) is 5. The van der Waals surface area contributed by atoms with Crippen LogP contribution in [0.1, 0.15) is 31.1 Å². The highest BCUT2D eigenvalue weighted by Gasteiger charge is 2.44. The van der Waals surface area contributed by atoms with Crippen LogP contribution >= 0.6 is 11.3 Å². The van der Waals surface area contributed by atoms with Crippen LogP contribution in [0.25, 0.3) is 0 Å². The molecule has 1 aromatic carbocycles. The molecule has 3 rings (SSSR count). The second-order valence-electron chi connectivity index (χ2n) is 6.34. The summed E-state index contributed by atoms with van der Waals surface area (Å²) in [6.45, 7) is 2.27. The molecular weight excluding hydrogens is 364 g/mol. The quantitative estimate of drug-likeness (QED) is 0.686. The summed E-state index contributed by atoms with van der Waals surface area (Å²) in [5.41, 5.74) is 0.493. The summed E-state index contributed by atoms with van der Waals surface area (Å²) in [7, 11) is 1.55. The number of anilines is 1. The number of ether oxygens (including phenoxy) is 1. The Morgan fingerprint density at radius 3 is 2.59 bits per heavy atom. The summed E-state index contributed by atoms with van der Waals surface area (Å²) >= 11 is 1.53. The molecule has 0 aliphatic carbocycles. The van der Waals surface area contributed by atoms with Gasteiger partial charge in [0.15, 0.2) is 0 Å². The molecule has 3 amide bonds. The molecule has 0 saturated carbocycles. The third-order valence-electron chi connectivity index (χ3n) is 4.52. The monoisotopic (exact) mass is 386 g/mol. The molecule has 1 unspecified atom stereocenters. The zero-order valence-corrected chi connectivity index (χ0v) is 16.2. The van der Waals surface area contributed by atoms with Gasteiger partial charge < -0.3 is 9.64 Å². The fraction of sp³-hybridized carbons (Fsp3) is 0.350. The lowest BCUT2D eigenvalue weighted by molar-refractivity contribution is -0.139. The molecule has 7 heteroatoms. The van der Waals surface area contributed by atoms with Crippen LogP contribution in [0.3, 0.4) is 0 Å². The minimum absolute atomic E-state index is 0.00565. The van der Waals surface area contributed by atoms with Gasteiger partial charge in [0.05, 0.1) is 25.8 Å². The minimum Gasteiger partial charge on any atom is -0.497 e. The van der Waals surface area contributed by atoms with Crippen molar-refractivity contribution >= 4 is 34.7 Å². The molecule has 1 aliphatic rings. The molecule has 0 spiro atoms. The first kappa shape index (κ1) is 19.1. The van der Waals surface area contributed by atoms with Gasteiger partial charge in [-0.05, 0) is 42.1 Å². The number of rotatable bonds is 7. The highest BCUT2D eigenvalue weighted by atomic mass is 32.1. The smallest absolute Gasteiger partial charge is 0.257 e. The molecule has 27 heavy (non-hydrogen) atoms. The van der Waals surface area contributed by atoms with E-state index in [0.717, 1.165) is 4.88 Å². The number of benzene rings is 1. The van der Waals surface area contributed by atoms with Gasteiger partial charge in [-0.25, -0.2) is 4.90 Å². The van der Waals surface area contributed by atoms with Crippen molar-refractivity contribution < 1.29 is 19.1 Å². The van der Waals surface area contributed by atoms with Crippen LogP contribution in [0, 0.1) is 0 Å². The molecule has 1 atom stereocenters. The van der Waals surface area contributed by atoms with Crippen molar-refractivity contribution in [3.63, 3.8) is 0 Å². The number of methoxy groups -OCH3 is 1. The molecule has 2 heterocycles. The van der Waals surface area contributed by atoms with Gasteiger partial charge in [0.1, 0.15) is 11.8 Å². The van der Waals surface area contributed by atoms with Gasteiger partial charge in [-0.1, -0.05) is 13.0 Å². The Morgan fingerprint density at radius 1 is 1.26 bits per heavy atom. The molecule has 6 nitrogen and oxygen atoms in total. The van der Waals surface area contributed by atoms with Gasteiger partial charge in [-0.15, -0.1) is 11.3 Å². The predicted octanol–water partition coefficient (Wildman–Crippen LogP) is 3.22. The van der Waals surface area contributed by atoms with E-state index in [2.05, 4.69) is 0 Å². The van der Waals surface area contributed by atoms with Crippen LogP contribution in [0.15, 0.2) is 41.8 Å². The van der Waals surface area contributed by atoms with Crippen LogP contribution in [0.5, 0.6) is 5.75 Å². The van der Waals surface area contributed by atoms with Crippen molar-refractivity contribution in [3.05, 3.63) is 46.7 Å². The zero-order chi connectivity index (χ0) is 19.4. The van der Waals surface area contributed by atoms with E-state index < -0.39 is 6.04 Å². The number of hydrogen-bond donors (Lipinski definition) is 0. The molecule has 1 saturated heterocycles. The summed E-state index contributed by atoms with van der Waals surface area (Å²) in [4.78, 5) is 42.0. The largest absolute Gasteiger partial charge is 0.497 e. The predicted molar refractivity (Wildman–Crippen MR) is 104 cm³/mol. The Morgan fingerprint density at radius 2 is 2.00 bits per heavy atom. The normalized spacial score (nSPS) is 16.7. The van der Waals surface area contributed by atoms with Crippen molar-refractivity contribution in [1.29, 1.82) is 0 Å². The van der Waals surface area contributed by atoms with Crippen LogP contribution < -0.4 is 9.64 Å². The average Bonchev–Trinajstić information content (AvgIpc) is 3.28. The number of carbonyl (C=O) groups excluding carboxylic acids is 3. The highest BCUT2D eigenvalue weighted by molar-refractivity contribution is 7.09. The Bertz CT molecular complexity index is 817. The standard InChI is InChI=1S/C20H22N2O4S/c1-3-5-18(23)21(13-16-6-4-11-27-16)17-12-19(24)22(20(17)25)14-7-9-15(26-2)10-8-14/h4,6-11,17H,3,5,12-13H2,1-2H3. The maximum absolute atomic E-state index is 13.0. The third kappa shape index (κ3) is 4.03. The number of thiophene rings is 1. The van der Waals surface area contributed by atoms with E-state index >= 15 is 0 Å². The molecular formula is C20H22N2O4S. The Kier molecular flexibility index (Phi) is 5.91. The summed E-state index contributed by atoms with van der Waals surface area (Å²) in [6, 6.07) is 9.83. The van der Waals surface area contributed by atoms with Gasteiger partial charge in [-0.3, -0.25) is 14.4 Å². The topological polar surface area (TPSA) is 66.9 Å². The van der Waals surface area contributed by atoms with Crippen molar-refractivity contribution in [2.75, 3.05) is 12.0 Å². The van der Waals surface area contributed by atoms with Crippen LogP contribution in [-0.2, 0) is 20.9 Å².